The van der Waals surface area contributed by atoms with Crippen LogP contribution in [0.5, 0.6) is 0 Å². The number of hydrogen-bond acceptors (Lipinski definition) is 2. The summed E-state index contributed by atoms with van der Waals surface area (Å²) >= 11 is 6.01. The maximum absolute atomic E-state index is 6.33. The van der Waals surface area contributed by atoms with Gasteiger partial charge in [0.05, 0.1) is 0 Å². The average molecular weight is 329 g/mol. The Labute approximate surface area is 144 Å². The summed E-state index contributed by atoms with van der Waals surface area (Å²) in [4.78, 5) is 2.49. The standard InChI is InChI=1S/C20H25ClN2/c1-14-3-4-17(15(2)9-14)11-23-12-18(10-20(22)13-23)16-5-7-19(21)8-6-16/h3-9,18,20H,10-13,22H2,1-2H3. The van der Waals surface area contributed by atoms with Crippen LogP contribution in [-0.4, -0.2) is 24.0 Å². The maximum Gasteiger partial charge on any atom is 0.0406 e. The first-order chi connectivity index (χ1) is 11.0. The molecule has 1 fully saturated rings. The van der Waals surface area contributed by atoms with E-state index in [2.05, 4.69) is 49.1 Å². The molecule has 2 N–H and O–H groups in total. The number of hydrogen-bond donors (Lipinski definition) is 1. The fourth-order valence-electron chi connectivity index (χ4n) is 3.60. The van der Waals surface area contributed by atoms with Gasteiger partial charge in [-0.2, -0.15) is 0 Å². The lowest BCUT2D eigenvalue weighted by atomic mass is 9.88. The average Bonchev–Trinajstić information content (AvgIpc) is 2.50. The Morgan fingerprint density at radius 1 is 1.09 bits per heavy atom. The van der Waals surface area contributed by atoms with Gasteiger partial charge in [0.2, 0.25) is 0 Å². The number of benzene rings is 2. The van der Waals surface area contributed by atoms with Crippen LogP contribution in [0.25, 0.3) is 0 Å². The molecular formula is C20H25ClN2. The van der Waals surface area contributed by atoms with Gasteiger partial charge in [0.25, 0.3) is 0 Å². The molecule has 2 nitrogen and oxygen atoms in total. The quantitative estimate of drug-likeness (QED) is 0.911. The highest BCUT2D eigenvalue weighted by Crippen LogP contribution is 2.28. The SMILES string of the molecule is Cc1ccc(CN2CC(N)CC(c3ccc(Cl)cc3)C2)c(C)c1. The third-order valence-corrected chi connectivity index (χ3v) is 5.04. The molecule has 0 spiro atoms. The van der Waals surface area contributed by atoms with Gasteiger partial charge in [-0.05, 0) is 55.0 Å². The molecule has 2 atom stereocenters. The van der Waals surface area contributed by atoms with Gasteiger partial charge in [-0.25, -0.2) is 0 Å². The van der Waals surface area contributed by atoms with Crippen molar-refractivity contribution in [1.82, 2.24) is 4.90 Å². The summed E-state index contributed by atoms with van der Waals surface area (Å²) in [6, 6.07) is 15.2. The fourth-order valence-corrected chi connectivity index (χ4v) is 3.73. The van der Waals surface area contributed by atoms with Crippen molar-refractivity contribution >= 4 is 11.6 Å². The van der Waals surface area contributed by atoms with E-state index < -0.39 is 0 Å². The second kappa shape index (κ2) is 7.04. The zero-order valence-electron chi connectivity index (χ0n) is 13.9. The van der Waals surface area contributed by atoms with Gasteiger partial charge in [0, 0.05) is 30.7 Å². The van der Waals surface area contributed by atoms with Crippen LogP contribution in [-0.2, 0) is 6.54 Å². The first-order valence-corrected chi connectivity index (χ1v) is 8.68. The van der Waals surface area contributed by atoms with Crippen molar-refractivity contribution in [2.45, 2.75) is 38.8 Å². The molecular weight excluding hydrogens is 304 g/mol. The zero-order chi connectivity index (χ0) is 16.4. The molecule has 0 saturated carbocycles. The summed E-state index contributed by atoms with van der Waals surface area (Å²) in [6.07, 6.45) is 1.05. The highest BCUT2D eigenvalue weighted by Gasteiger charge is 2.26. The second-order valence-corrected chi connectivity index (χ2v) is 7.30. The lowest BCUT2D eigenvalue weighted by Gasteiger charge is -2.37. The first-order valence-electron chi connectivity index (χ1n) is 8.31. The van der Waals surface area contributed by atoms with E-state index >= 15 is 0 Å². The molecule has 1 aliphatic heterocycles. The van der Waals surface area contributed by atoms with E-state index in [0.717, 1.165) is 31.1 Å². The molecule has 2 aromatic rings. The van der Waals surface area contributed by atoms with Crippen LogP contribution < -0.4 is 5.73 Å². The molecule has 2 unspecified atom stereocenters. The van der Waals surface area contributed by atoms with Crippen LogP contribution in [0.2, 0.25) is 5.02 Å². The Balaban J connectivity index is 1.74. The maximum atomic E-state index is 6.33. The van der Waals surface area contributed by atoms with Gasteiger partial charge in [-0.3, -0.25) is 4.90 Å². The van der Waals surface area contributed by atoms with Crippen molar-refractivity contribution in [2.24, 2.45) is 5.73 Å². The van der Waals surface area contributed by atoms with Crippen LogP contribution >= 0.6 is 11.6 Å². The van der Waals surface area contributed by atoms with Crippen molar-refractivity contribution in [1.29, 1.82) is 0 Å². The topological polar surface area (TPSA) is 29.3 Å². The van der Waals surface area contributed by atoms with E-state index in [0.29, 0.717) is 5.92 Å². The van der Waals surface area contributed by atoms with Crippen LogP contribution in [0.4, 0.5) is 0 Å². The predicted octanol–water partition coefficient (Wildman–Crippen LogP) is 4.27. The van der Waals surface area contributed by atoms with E-state index in [9.17, 15) is 0 Å². The van der Waals surface area contributed by atoms with Gasteiger partial charge >= 0.3 is 0 Å². The van der Waals surface area contributed by atoms with E-state index in [1.54, 1.807) is 0 Å². The number of piperidine rings is 1. The predicted molar refractivity (Wildman–Crippen MR) is 98.0 cm³/mol. The summed E-state index contributed by atoms with van der Waals surface area (Å²) in [6.45, 7) is 7.34. The van der Waals surface area contributed by atoms with Gasteiger partial charge in [0.1, 0.15) is 0 Å². The first kappa shape index (κ1) is 16.5. The second-order valence-electron chi connectivity index (χ2n) is 6.87. The minimum absolute atomic E-state index is 0.232. The molecule has 3 heteroatoms. The Hall–Kier alpha value is -1.35. The van der Waals surface area contributed by atoms with Crippen molar-refractivity contribution in [3.63, 3.8) is 0 Å². The molecule has 0 aliphatic carbocycles. The van der Waals surface area contributed by atoms with Crippen LogP contribution in [0.1, 0.15) is 34.6 Å². The number of rotatable bonds is 3. The fraction of sp³-hybridized carbons (Fsp3) is 0.400. The molecule has 0 amide bonds. The van der Waals surface area contributed by atoms with E-state index in [1.807, 2.05) is 12.1 Å². The Bertz CT molecular complexity index is 666. The minimum Gasteiger partial charge on any atom is -0.327 e. The van der Waals surface area contributed by atoms with E-state index in [4.69, 9.17) is 17.3 Å². The summed E-state index contributed by atoms with van der Waals surface area (Å²) in [7, 11) is 0. The molecule has 1 heterocycles. The van der Waals surface area contributed by atoms with Gasteiger partial charge in [-0.1, -0.05) is 47.5 Å². The van der Waals surface area contributed by atoms with E-state index in [1.165, 1.54) is 22.3 Å². The largest absolute Gasteiger partial charge is 0.327 e. The summed E-state index contributed by atoms with van der Waals surface area (Å²) in [5.41, 5.74) is 11.8. The van der Waals surface area contributed by atoms with Gasteiger partial charge < -0.3 is 5.73 Å². The van der Waals surface area contributed by atoms with Crippen molar-refractivity contribution in [3.8, 4) is 0 Å². The third kappa shape index (κ3) is 4.14. The highest BCUT2D eigenvalue weighted by molar-refractivity contribution is 6.30. The molecule has 1 aliphatic rings. The van der Waals surface area contributed by atoms with E-state index in [-0.39, 0.29) is 6.04 Å². The normalized spacial score (nSPS) is 22.3. The Kier molecular flexibility index (Phi) is 5.05. The number of halogens is 1. The molecule has 1 saturated heterocycles. The smallest absolute Gasteiger partial charge is 0.0406 e. The zero-order valence-corrected chi connectivity index (χ0v) is 14.7. The molecule has 23 heavy (non-hydrogen) atoms. The third-order valence-electron chi connectivity index (χ3n) is 4.79. The molecule has 3 rings (SSSR count). The molecule has 122 valence electrons. The molecule has 0 radical (unpaired) electrons. The molecule has 2 aromatic carbocycles. The molecule has 0 aromatic heterocycles. The minimum atomic E-state index is 0.232. The summed E-state index contributed by atoms with van der Waals surface area (Å²) < 4.78 is 0. The highest BCUT2D eigenvalue weighted by atomic mass is 35.5. The van der Waals surface area contributed by atoms with Crippen LogP contribution in [0, 0.1) is 13.8 Å². The van der Waals surface area contributed by atoms with Gasteiger partial charge in [0.15, 0.2) is 0 Å². The molecule has 0 bridgehead atoms. The number of nitrogens with two attached hydrogens (primary N) is 1. The number of likely N-dealkylation sites (tertiary alicyclic amines) is 1. The monoisotopic (exact) mass is 328 g/mol. The van der Waals surface area contributed by atoms with Crippen LogP contribution in [0.3, 0.4) is 0 Å². The summed E-state index contributed by atoms with van der Waals surface area (Å²) in [5, 5.41) is 0.793. The number of nitrogens with zero attached hydrogens (tertiary/aromatic N) is 1. The Morgan fingerprint density at radius 2 is 1.83 bits per heavy atom. The lowest BCUT2D eigenvalue weighted by Crippen LogP contribution is -2.45. The summed E-state index contributed by atoms with van der Waals surface area (Å²) in [5.74, 6) is 0.488. The number of aryl methyl sites for hydroxylation is 2. The van der Waals surface area contributed by atoms with Crippen molar-refractivity contribution in [3.05, 3.63) is 69.7 Å². The van der Waals surface area contributed by atoms with Crippen molar-refractivity contribution in [2.75, 3.05) is 13.1 Å². The lowest BCUT2D eigenvalue weighted by molar-refractivity contribution is 0.181. The van der Waals surface area contributed by atoms with Crippen LogP contribution in [0.15, 0.2) is 42.5 Å². The Morgan fingerprint density at radius 3 is 2.52 bits per heavy atom. The van der Waals surface area contributed by atoms with Gasteiger partial charge in [-0.15, -0.1) is 0 Å². The van der Waals surface area contributed by atoms with Crippen molar-refractivity contribution < 1.29 is 0 Å².